The third-order valence-electron chi connectivity index (χ3n) is 4.24. The molecular formula is C17H21NO3. The average molecular weight is 287 g/mol. The first-order valence-corrected chi connectivity index (χ1v) is 7.61. The fraction of sp³-hybridized carbons (Fsp3) is 0.471. The zero-order valence-electron chi connectivity index (χ0n) is 12.3. The van der Waals surface area contributed by atoms with Crippen LogP contribution in [-0.2, 0) is 0 Å². The molecule has 3 rings (SSSR count). The number of furan rings is 1. The molecule has 1 saturated heterocycles. The molecule has 1 unspecified atom stereocenters. The first-order valence-electron chi connectivity index (χ1n) is 7.61. The predicted molar refractivity (Wildman–Crippen MR) is 81.3 cm³/mol. The minimum absolute atomic E-state index is 0.0537. The maximum atomic E-state index is 12.7. The Hall–Kier alpha value is -1.81. The van der Waals surface area contributed by atoms with E-state index in [1.54, 1.807) is 0 Å². The Balaban J connectivity index is 1.87. The molecule has 1 aliphatic rings. The highest BCUT2D eigenvalue weighted by Crippen LogP contribution is 2.25. The van der Waals surface area contributed by atoms with Gasteiger partial charge in [-0.3, -0.25) is 4.79 Å². The Kier molecular flexibility index (Phi) is 3.97. The van der Waals surface area contributed by atoms with Crippen LogP contribution in [0.15, 0.2) is 28.7 Å². The highest BCUT2D eigenvalue weighted by atomic mass is 16.3. The number of aryl methyl sites for hydroxylation is 1. The first kappa shape index (κ1) is 14.1. The molecule has 0 radical (unpaired) electrons. The van der Waals surface area contributed by atoms with Gasteiger partial charge in [0.1, 0.15) is 5.58 Å². The van der Waals surface area contributed by atoms with Gasteiger partial charge in [0, 0.05) is 24.6 Å². The summed E-state index contributed by atoms with van der Waals surface area (Å²) in [6, 6.07) is 7.90. The van der Waals surface area contributed by atoms with E-state index in [4.69, 9.17) is 4.42 Å². The van der Waals surface area contributed by atoms with Crippen molar-refractivity contribution in [3.05, 3.63) is 35.6 Å². The van der Waals surface area contributed by atoms with Gasteiger partial charge >= 0.3 is 0 Å². The fourth-order valence-electron chi connectivity index (χ4n) is 3.10. The Bertz CT molecular complexity index is 645. The van der Waals surface area contributed by atoms with Crippen molar-refractivity contribution in [3.8, 4) is 0 Å². The molecular weight excluding hydrogens is 266 g/mol. The van der Waals surface area contributed by atoms with Gasteiger partial charge in [0.15, 0.2) is 5.76 Å². The van der Waals surface area contributed by atoms with E-state index in [1.165, 1.54) is 0 Å². The monoisotopic (exact) mass is 287 g/mol. The van der Waals surface area contributed by atoms with Crippen LogP contribution in [0.4, 0.5) is 0 Å². The van der Waals surface area contributed by atoms with E-state index >= 15 is 0 Å². The Labute approximate surface area is 124 Å². The van der Waals surface area contributed by atoms with Gasteiger partial charge in [-0.15, -0.1) is 0 Å². The van der Waals surface area contributed by atoms with Crippen LogP contribution in [0.2, 0.25) is 0 Å². The number of hydrogen-bond donors (Lipinski definition) is 1. The van der Waals surface area contributed by atoms with Gasteiger partial charge in [-0.1, -0.05) is 12.1 Å². The number of aliphatic hydroxyl groups is 1. The van der Waals surface area contributed by atoms with E-state index in [0.717, 1.165) is 42.3 Å². The van der Waals surface area contributed by atoms with Crippen LogP contribution >= 0.6 is 0 Å². The highest BCUT2D eigenvalue weighted by molar-refractivity contribution is 5.96. The number of rotatable bonds is 3. The normalized spacial score (nSPS) is 19.1. The van der Waals surface area contributed by atoms with Crippen LogP contribution in [-0.4, -0.2) is 35.1 Å². The van der Waals surface area contributed by atoms with Crippen LogP contribution in [0.1, 0.15) is 41.8 Å². The van der Waals surface area contributed by atoms with Crippen LogP contribution < -0.4 is 0 Å². The van der Waals surface area contributed by atoms with Gasteiger partial charge in [-0.05, 0) is 50.3 Å². The second kappa shape index (κ2) is 5.90. The summed E-state index contributed by atoms with van der Waals surface area (Å²) in [5.41, 5.74) is 1.88. The predicted octanol–water partition coefficient (Wildman–Crippen LogP) is 3.12. The lowest BCUT2D eigenvalue weighted by Gasteiger charge is -2.34. The number of amides is 1. The molecule has 0 saturated carbocycles. The summed E-state index contributed by atoms with van der Waals surface area (Å²) in [5, 5.41) is 10.1. The largest absolute Gasteiger partial charge is 0.451 e. The van der Waals surface area contributed by atoms with Crippen LogP contribution in [0.25, 0.3) is 11.0 Å². The molecule has 112 valence electrons. The van der Waals surface area contributed by atoms with Crippen molar-refractivity contribution in [3.63, 3.8) is 0 Å². The molecule has 2 heterocycles. The van der Waals surface area contributed by atoms with Crippen LogP contribution in [0.5, 0.6) is 0 Å². The van der Waals surface area contributed by atoms with Crippen molar-refractivity contribution in [2.24, 2.45) is 0 Å². The van der Waals surface area contributed by atoms with Gasteiger partial charge in [0.05, 0.1) is 0 Å². The number of carbonyl (C=O) groups excluding carboxylic acids is 1. The fourth-order valence-corrected chi connectivity index (χ4v) is 3.10. The summed E-state index contributed by atoms with van der Waals surface area (Å²) in [6.07, 6.45) is 3.75. The smallest absolute Gasteiger partial charge is 0.289 e. The maximum absolute atomic E-state index is 12.7. The van der Waals surface area contributed by atoms with E-state index in [2.05, 4.69) is 0 Å². The van der Waals surface area contributed by atoms with E-state index < -0.39 is 0 Å². The molecule has 1 aromatic heterocycles. The summed E-state index contributed by atoms with van der Waals surface area (Å²) >= 11 is 0. The number of aliphatic hydroxyl groups excluding tert-OH is 1. The molecule has 2 aromatic rings. The average Bonchev–Trinajstić information content (AvgIpc) is 2.90. The molecule has 1 aliphatic heterocycles. The number of carbonyl (C=O) groups is 1. The van der Waals surface area contributed by atoms with Crippen molar-refractivity contribution >= 4 is 16.9 Å². The lowest BCUT2D eigenvalue weighted by Crippen LogP contribution is -2.44. The number of benzene rings is 1. The third kappa shape index (κ3) is 2.81. The molecule has 1 aromatic carbocycles. The van der Waals surface area contributed by atoms with Crippen molar-refractivity contribution in [2.45, 2.75) is 38.6 Å². The number of fused-ring (bicyclic) bond motifs is 1. The van der Waals surface area contributed by atoms with Crippen LogP contribution in [0.3, 0.4) is 0 Å². The minimum Gasteiger partial charge on any atom is -0.451 e. The number of piperidine rings is 1. The van der Waals surface area contributed by atoms with Gasteiger partial charge in [-0.25, -0.2) is 0 Å². The number of nitrogens with zero attached hydrogens (tertiary/aromatic N) is 1. The molecule has 0 aliphatic carbocycles. The first-order chi connectivity index (χ1) is 10.2. The molecule has 1 N–H and O–H groups in total. The summed E-state index contributed by atoms with van der Waals surface area (Å²) in [6.45, 7) is 2.87. The van der Waals surface area contributed by atoms with Gasteiger partial charge in [-0.2, -0.15) is 0 Å². The Morgan fingerprint density at radius 3 is 3.05 bits per heavy atom. The molecule has 21 heavy (non-hydrogen) atoms. The maximum Gasteiger partial charge on any atom is 0.289 e. The second-order valence-electron chi connectivity index (χ2n) is 5.81. The van der Waals surface area contributed by atoms with Crippen molar-refractivity contribution in [1.29, 1.82) is 0 Å². The topological polar surface area (TPSA) is 53.7 Å². The summed E-state index contributed by atoms with van der Waals surface area (Å²) < 4.78 is 5.74. The zero-order chi connectivity index (χ0) is 14.8. The van der Waals surface area contributed by atoms with E-state index in [0.29, 0.717) is 12.2 Å². The van der Waals surface area contributed by atoms with E-state index in [1.807, 2.05) is 36.1 Å². The molecule has 1 atom stereocenters. The van der Waals surface area contributed by atoms with Gasteiger partial charge in [0.25, 0.3) is 5.91 Å². The summed E-state index contributed by atoms with van der Waals surface area (Å²) in [4.78, 5) is 14.6. The molecule has 0 bridgehead atoms. The van der Waals surface area contributed by atoms with E-state index in [-0.39, 0.29) is 18.6 Å². The summed E-state index contributed by atoms with van der Waals surface area (Å²) in [5.74, 6) is 0.349. The lowest BCUT2D eigenvalue weighted by molar-refractivity contribution is 0.0545. The molecule has 1 amide bonds. The van der Waals surface area contributed by atoms with Gasteiger partial charge in [0.2, 0.25) is 0 Å². The van der Waals surface area contributed by atoms with Gasteiger partial charge < -0.3 is 14.4 Å². The third-order valence-corrected chi connectivity index (χ3v) is 4.24. The molecule has 1 fully saturated rings. The molecule has 0 spiro atoms. The van der Waals surface area contributed by atoms with Crippen molar-refractivity contribution in [2.75, 3.05) is 13.2 Å². The second-order valence-corrected chi connectivity index (χ2v) is 5.81. The SMILES string of the molecule is Cc1ccc2cc(C(=O)N3CCCCC3CCO)oc2c1. The molecule has 4 nitrogen and oxygen atoms in total. The number of likely N-dealkylation sites (tertiary alicyclic amines) is 1. The standard InChI is InChI=1S/C17H21NO3/c1-12-5-6-13-11-16(21-15(13)10-12)17(20)18-8-3-2-4-14(18)7-9-19/h5-6,10-11,14,19H,2-4,7-9H2,1H3. The molecule has 4 heteroatoms. The van der Waals surface area contributed by atoms with Crippen molar-refractivity contribution < 1.29 is 14.3 Å². The zero-order valence-corrected chi connectivity index (χ0v) is 12.3. The summed E-state index contributed by atoms with van der Waals surface area (Å²) in [7, 11) is 0. The van der Waals surface area contributed by atoms with Crippen molar-refractivity contribution in [1.82, 2.24) is 4.90 Å². The lowest BCUT2D eigenvalue weighted by atomic mass is 9.99. The quantitative estimate of drug-likeness (QED) is 0.943. The Morgan fingerprint density at radius 1 is 1.38 bits per heavy atom. The van der Waals surface area contributed by atoms with Crippen LogP contribution in [0, 0.1) is 6.92 Å². The number of hydrogen-bond acceptors (Lipinski definition) is 3. The highest BCUT2D eigenvalue weighted by Gasteiger charge is 2.28. The minimum atomic E-state index is -0.0537. The Morgan fingerprint density at radius 2 is 2.24 bits per heavy atom. The van der Waals surface area contributed by atoms with E-state index in [9.17, 15) is 9.90 Å².